The van der Waals surface area contributed by atoms with Gasteiger partial charge in [-0.3, -0.25) is 9.59 Å². The minimum atomic E-state index is -0.547. The normalized spacial score (nSPS) is 20.9. The zero-order chi connectivity index (χ0) is 24.3. The third-order valence-corrected chi connectivity index (χ3v) is 6.26. The number of carbonyl (C=O) groups excluding carboxylic acids is 2. The summed E-state index contributed by atoms with van der Waals surface area (Å²) in [6.45, 7) is 12.9. The van der Waals surface area contributed by atoms with Gasteiger partial charge in [0, 0.05) is 24.0 Å². The van der Waals surface area contributed by atoms with Crippen LogP contribution in [0.3, 0.4) is 0 Å². The topological polar surface area (TPSA) is 102 Å². The molecule has 7 heteroatoms. The van der Waals surface area contributed by atoms with Crippen LogP contribution in [0.15, 0.2) is 35.9 Å². The summed E-state index contributed by atoms with van der Waals surface area (Å²) in [5.41, 5.74) is 0.736. The highest BCUT2D eigenvalue weighted by Crippen LogP contribution is 2.37. The van der Waals surface area contributed by atoms with Gasteiger partial charge in [0.2, 0.25) is 11.8 Å². The summed E-state index contributed by atoms with van der Waals surface area (Å²) in [5, 5.41) is 29.3. The summed E-state index contributed by atoms with van der Waals surface area (Å²) in [6.07, 6.45) is 3.66. The fourth-order valence-electron chi connectivity index (χ4n) is 4.66. The number of nitrogens with one attached hydrogen (secondary N) is 2. The van der Waals surface area contributed by atoms with Gasteiger partial charge in [-0.25, -0.2) is 0 Å². The molecule has 0 aliphatic carbocycles. The van der Waals surface area contributed by atoms with E-state index >= 15 is 0 Å². The van der Waals surface area contributed by atoms with E-state index in [-0.39, 0.29) is 35.6 Å². The molecular formula is C25H38N3O4. The molecule has 0 bridgehead atoms. The molecule has 3 N–H and O–H groups in total. The van der Waals surface area contributed by atoms with Crippen LogP contribution in [0.4, 0.5) is 0 Å². The highest BCUT2D eigenvalue weighted by atomic mass is 16.5. The molecule has 0 aromatic heterocycles. The Morgan fingerprint density at radius 3 is 2.16 bits per heavy atom. The molecule has 1 fully saturated rings. The van der Waals surface area contributed by atoms with Gasteiger partial charge in [0.05, 0.1) is 12.0 Å². The third kappa shape index (κ3) is 6.81. The van der Waals surface area contributed by atoms with Crippen molar-refractivity contribution in [3.63, 3.8) is 0 Å². The maximum absolute atomic E-state index is 13.0. The maximum atomic E-state index is 13.0. The summed E-state index contributed by atoms with van der Waals surface area (Å²) in [7, 11) is 0. The first-order chi connectivity index (χ1) is 14.7. The Morgan fingerprint density at radius 2 is 1.66 bits per heavy atom. The Bertz CT molecular complexity index is 827. The predicted molar refractivity (Wildman–Crippen MR) is 124 cm³/mol. The molecule has 1 aliphatic heterocycles. The molecular weight excluding hydrogens is 406 g/mol. The van der Waals surface area contributed by atoms with Gasteiger partial charge >= 0.3 is 0 Å². The lowest BCUT2D eigenvalue weighted by Gasteiger charge is -2.50. The van der Waals surface area contributed by atoms with Crippen molar-refractivity contribution >= 4 is 11.8 Å². The maximum Gasteiger partial charge on any atom is 0.227 e. The fraction of sp³-hybridized carbons (Fsp3) is 0.600. The number of hydrogen-bond donors (Lipinski definition) is 3. The van der Waals surface area contributed by atoms with Crippen molar-refractivity contribution in [3.05, 3.63) is 41.5 Å². The third-order valence-electron chi connectivity index (χ3n) is 6.26. The van der Waals surface area contributed by atoms with Crippen LogP contribution in [0.5, 0.6) is 5.75 Å². The van der Waals surface area contributed by atoms with Crippen LogP contribution in [0.2, 0.25) is 0 Å². The van der Waals surface area contributed by atoms with E-state index in [4.69, 9.17) is 0 Å². The van der Waals surface area contributed by atoms with Gasteiger partial charge in [-0.2, -0.15) is 0 Å². The predicted octanol–water partition coefficient (Wildman–Crippen LogP) is 3.51. The number of phenols is 1. The Morgan fingerprint density at radius 1 is 1.12 bits per heavy atom. The quantitative estimate of drug-likeness (QED) is 0.560. The highest BCUT2D eigenvalue weighted by molar-refractivity contribution is 5.81. The number of rotatable bonds is 7. The molecule has 177 valence electrons. The van der Waals surface area contributed by atoms with E-state index in [0.717, 1.165) is 16.2 Å². The standard InChI is InChI=1S/C25H38N3O4/c1-16(12-20(26-18(3)29)13-19-8-10-22(30)11-9-19)17(2)23(31)27-21-14-24(4,5)28(32)25(6,7)15-21/h8-12,17,20-21,30H,13-15H2,1-7H3,(H,26,29)(H,27,31)/b16-12-/t17-,20-/m0/s1. The van der Waals surface area contributed by atoms with E-state index in [0.29, 0.717) is 19.3 Å². The number of phenolic OH excluding ortho intramolecular Hbond substituents is 1. The lowest BCUT2D eigenvalue weighted by atomic mass is 9.78. The summed E-state index contributed by atoms with van der Waals surface area (Å²) < 4.78 is 0. The average Bonchev–Trinajstić information content (AvgIpc) is 2.66. The van der Waals surface area contributed by atoms with Crippen LogP contribution in [-0.4, -0.2) is 45.1 Å². The molecule has 0 spiro atoms. The first kappa shape index (κ1) is 25.9. The minimum absolute atomic E-state index is 0.0731. The van der Waals surface area contributed by atoms with E-state index in [1.165, 1.54) is 6.92 Å². The molecule has 1 aliphatic rings. The van der Waals surface area contributed by atoms with Crippen LogP contribution in [0.25, 0.3) is 0 Å². The van der Waals surface area contributed by atoms with Crippen molar-refractivity contribution < 1.29 is 19.9 Å². The smallest absolute Gasteiger partial charge is 0.227 e. The molecule has 1 saturated heterocycles. The molecule has 1 radical (unpaired) electrons. The number of nitrogens with zero attached hydrogens (tertiary/aromatic N) is 1. The Hall–Kier alpha value is -2.38. The van der Waals surface area contributed by atoms with Crippen LogP contribution in [0, 0.1) is 5.92 Å². The second-order valence-electron chi connectivity index (χ2n) is 10.3. The number of amides is 2. The van der Waals surface area contributed by atoms with Gasteiger partial charge in [0.1, 0.15) is 5.75 Å². The zero-order valence-electron chi connectivity index (χ0n) is 20.4. The molecule has 0 saturated carbocycles. The van der Waals surface area contributed by atoms with E-state index in [1.807, 2.05) is 59.8 Å². The number of carbonyl (C=O) groups is 2. The Labute approximate surface area is 191 Å². The highest BCUT2D eigenvalue weighted by Gasteiger charge is 2.46. The van der Waals surface area contributed by atoms with Crippen LogP contribution < -0.4 is 10.6 Å². The van der Waals surface area contributed by atoms with Crippen molar-refractivity contribution in [3.8, 4) is 5.75 Å². The van der Waals surface area contributed by atoms with Crippen LogP contribution >= 0.6 is 0 Å². The second-order valence-corrected chi connectivity index (χ2v) is 10.3. The first-order valence-electron chi connectivity index (χ1n) is 11.2. The molecule has 1 heterocycles. The van der Waals surface area contributed by atoms with Gasteiger partial charge in [-0.1, -0.05) is 23.8 Å². The molecule has 2 atom stereocenters. The number of hydrogen-bond acceptors (Lipinski definition) is 4. The van der Waals surface area contributed by atoms with E-state index in [2.05, 4.69) is 10.6 Å². The average molecular weight is 445 g/mol. The molecule has 1 aromatic carbocycles. The first-order valence-corrected chi connectivity index (χ1v) is 11.2. The van der Waals surface area contributed by atoms with Gasteiger partial charge in [-0.15, -0.1) is 10.3 Å². The van der Waals surface area contributed by atoms with E-state index < -0.39 is 11.1 Å². The van der Waals surface area contributed by atoms with Gasteiger partial charge in [0.25, 0.3) is 0 Å². The van der Waals surface area contributed by atoms with E-state index in [1.54, 1.807) is 12.1 Å². The summed E-state index contributed by atoms with van der Waals surface area (Å²) in [4.78, 5) is 24.7. The second kappa shape index (κ2) is 10.0. The number of benzene rings is 1. The molecule has 7 nitrogen and oxygen atoms in total. The molecule has 32 heavy (non-hydrogen) atoms. The van der Waals surface area contributed by atoms with Crippen molar-refractivity contribution in [1.29, 1.82) is 0 Å². The molecule has 2 rings (SSSR count). The van der Waals surface area contributed by atoms with Crippen molar-refractivity contribution in [1.82, 2.24) is 15.7 Å². The number of piperidine rings is 1. The Balaban J connectivity index is 2.09. The lowest BCUT2D eigenvalue weighted by Crippen LogP contribution is -2.62. The summed E-state index contributed by atoms with van der Waals surface area (Å²) >= 11 is 0. The van der Waals surface area contributed by atoms with Crippen molar-refractivity contribution in [2.45, 2.75) is 90.9 Å². The van der Waals surface area contributed by atoms with Gasteiger partial charge < -0.3 is 15.7 Å². The van der Waals surface area contributed by atoms with Crippen LogP contribution in [-0.2, 0) is 21.2 Å². The SMILES string of the molecule is CC(=O)N[C@@H](/C=C(/C)[C@H](C)C(=O)NC1CC(C)(C)N([O])C(C)(C)C1)Cc1ccc(O)cc1. The van der Waals surface area contributed by atoms with Crippen molar-refractivity contribution in [2.75, 3.05) is 0 Å². The molecule has 0 unspecified atom stereocenters. The largest absolute Gasteiger partial charge is 0.508 e. The minimum Gasteiger partial charge on any atom is -0.508 e. The zero-order valence-corrected chi connectivity index (χ0v) is 20.4. The lowest BCUT2D eigenvalue weighted by molar-refractivity contribution is -0.290. The van der Waals surface area contributed by atoms with Gasteiger partial charge in [-0.05, 0) is 78.5 Å². The van der Waals surface area contributed by atoms with Crippen LogP contribution in [0.1, 0.15) is 66.9 Å². The number of aromatic hydroxyl groups is 1. The van der Waals surface area contributed by atoms with Crippen molar-refractivity contribution in [2.24, 2.45) is 5.92 Å². The van der Waals surface area contributed by atoms with Gasteiger partial charge in [0.15, 0.2) is 0 Å². The van der Waals surface area contributed by atoms with E-state index in [9.17, 15) is 19.9 Å². The molecule has 2 amide bonds. The molecule has 1 aromatic rings. The summed E-state index contributed by atoms with van der Waals surface area (Å²) in [5.74, 6) is -0.414. The number of hydroxylamine groups is 2. The fourth-order valence-corrected chi connectivity index (χ4v) is 4.66. The Kier molecular flexibility index (Phi) is 8.12. The monoisotopic (exact) mass is 444 g/mol. The summed E-state index contributed by atoms with van der Waals surface area (Å²) in [6, 6.07) is 6.52.